The normalized spacial score (nSPS) is 10.8. The van der Waals surface area contributed by atoms with E-state index in [0.717, 1.165) is 5.69 Å². The van der Waals surface area contributed by atoms with Gasteiger partial charge in [-0.15, -0.1) is 0 Å². The van der Waals surface area contributed by atoms with Crippen LogP contribution in [0.1, 0.15) is 5.69 Å². The van der Waals surface area contributed by atoms with Crippen LogP contribution < -0.4 is 5.56 Å². The van der Waals surface area contributed by atoms with Crippen LogP contribution in [0.4, 0.5) is 0 Å². The third kappa shape index (κ3) is 0.863. The van der Waals surface area contributed by atoms with Crippen molar-refractivity contribution in [3.05, 3.63) is 34.6 Å². The summed E-state index contributed by atoms with van der Waals surface area (Å²) >= 11 is 3.93. The van der Waals surface area contributed by atoms with E-state index < -0.39 is 0 Å². The second kappa shape index (κ2) is 2.38. The predicted molar refractivity (Wildman–Crippen MR) is 48.6 cm³/mol. The molecule has 0 bridgehead atoms. The van der Waals surface area contributed by atoms with E-state index in [9.17, 15) is 4.79 Å². The monoisotopic (exact) mass is 181 g/mol. The van der Waals surface area contributed by atoms with Gasteiger partial charge < -0.3 is 0 Å². The van der Waals surface area contributed by atoms with Gasteiger partial charge >= 0.3 is 5.56 Å². The molecule has 2 rings (SSSR count). The van der Waals surface area contributed by atoms with Crippen molar-refractivity contribution in [3.63, 3.8) is 0 Å². The van der Waals surface area contributed by atoms with E-state index in [-0.39, 0.29) is 5.56 Å². The number of hydrogen-bond acceptors (Lipinski definition) is 3. The summed E-state index contributed by atoms with van der Waals surface area (Å²) in [5, 5.41) is 0. The fraction of sp³-hybridized carbons (Fsp3) is 0.143. The molecule has 0 saturated heterocycles. The molecule has 0 radical (unpaired) electrons. The summed E-state index contributed by atoms with van der Waals surface area (Å²) in [7, 11) is 0. The first kappa shape index (κ1) is 7.42. The number of hydrogen-bond donors (Lipinski definition) is 1. The van der Waals surface area contributed by atoms with Crippen molar-refractivity contribution in [3.8, 4) is 0 Å². The molecule has 4 nitrogen and oxygen atoms in total. The summed E-state index contributed by atoms with van der Waals surface area (Å²) in [5.41, 5.74) is 1.15. The van der Waals surface area contributed by atoms with Gasteiger partial charge in [-0.2, -0.15) is 0 Å². The summed E-state index contributed by atoms with van der Waals surface area (Å²) in [5.74, 6) is 0. The Hall–Kier alpha value is -1.23. The van der Waals surface area contributed by atoms with Crippen LogP contribution in [-0.4, -0.2) is 13.4 Å². The van der Waals surface area contributed by atoms with Gasteiger partial charge in [-0.25, -0.2) is 4.98 Å². The van der Waals surface area contributed by atoms with E-state index in [1.165, 1.54) is 3.97 Å². The number of imidazole rings is 1. The molecule has 0 amide bonds. The fourth-order valence-electron chi connectivity index (χ4n) is 1.09. The zero-order valence-corrected chi connectivity index (χ0v) is 7.32. The minimum Gasteiger partial charge on any atom is -0.298 e. The lowest BCUT2D eigenvalue weighted by Gasteiger charge is -1.96. The zero-order chi connectivity index (χ0) is 8.72. The average molecular weight is 181 g/mol. The van der Waals surface area contributed by atoms with E-state index in [4.69, 9.17) is 0 Å². The van der Waals surface area contributed by atoms with Crippen molar-refractivity contribution < 1.29 is 0 Å². The van der Waals surface area contributed by atoms with E-state index in [0.29, 0.717) is 5.65 Å². The van der Waals surface area contributed by atoms with E-state index in [1.54, 1.807) is 23.0 Å². The molecule has 0 N–H and O–H groups in total. The standard InChI is InChI=1S/C7H7N3OS/c1-5-4-8-6-7(11)10(12)3-2-9(5)6/h2-4,12H,1H3. The number of nitrogens with zero attached hydrogens (tertiary/aromatic N) is 3. The number of thiol groups is 1. The first-order valence-electron chi connectivity index (χ1n) is 3.45. The molecule has 0 unspecified atom stereocenters. The Morgan fingerprint density at radius 2 is 2.25 bits per heavy atom. The Kier molecular flexibility index (Phi) is 1.47. The van der Waals surface area contributed by atoms with Crippen molar-refractivity contribution in [1.82, 2.24) is 13.4 Å². The predicted octanol–water partition coefficient (Wildman–Crippen LogP) is 0.497. The van der Waals surface area contributed by atoms with Crippen LogP contribution in [0.25, 0.3) is 5.65 Å². The first-order chi connectivity index (χ1) is 5.70. The summed E-state index contributed by atoms with van der Waals surface area (Å²) in [6.07, 6.45) is 5.00. The van der Waals surface area contributed by atoms with E-state index in [1.807, 2.05) is 6.92 Å². The van der Waals surface area contributed by atoms with E-state index in [2.05, 4.69) is 17.8 Å². The number of fused-ring (bicyclic) bond motifs is 1. The lowest BCUT2D eigenvalue weighted by atomic mass is 10.5. The van der Waals surface area contributed by atoms with Crippen LogP contribution in [0.2, 0.25) is 0 Å². The second-order valence-corrected chi connectivity index (χ2v) is 2.97. The highest BCUT2D eigenvalue weighted by atomic mass is 32.1. The molecule has 2 aromatic heterocycles. The van der Waals surface area contributed by atoms with Gasteiger partial charge in [-0.3, -0.25) is 13.2 Å². The van der Waals surface area contributed by atoms with Gasteiger partial charge in [-0.1, -0.05) is 12.8 Å². The van der Waals surface area contributed by atoms with Gasteiger partial charge in [0.15, 0.2) is 0 Å². The van der Waals surface area contributed by atoms with Gasteiger partial charge in [0.05, 0.1) is 0 Å². The van der Waals surface area contributed by atoms with Crippen LogP contribution in [0.5, 0.6) is 0 Å². The van der Waals surface area contributed by atoms with Gasteiger partial charge in [0.2, 0.25) is 5.65 Å². The molecule has 2 heterocycles. The maximum Gasteiger partial charge on any atom is 0.304 e. The molecule has 5 heteroatoms. The molecule has 0 aliphatic carbocycles. The maximum absolute atomic E-state index is 11.3. The summed E-state index contributed by atoms with van der Waals surface area (Å²) in [6.45, 7) is 1.89. The third-order valence-corrected chi connectivity index (χ3v) is 2.05. The Morgan fingerprint density at radius 3 is 3.00 bits per heavy atom. The fourth-order valence-corrected chi connectivity index (χ4v) is 1.24. The van der Waals surface area contributed by atoms with Crippen LogP contribution >= 0.6 is 12.8 Å². The van der Waals surface area contributed by atoms with Gasteiger partial charge in [0, 0.05) is 24.3 Å². The molecule has 0 atom stereocenters. The Bertz CT molecular complexity index is 485. The molecule has 0 fully saturated rings. The minimum absolute atomic E-state index is 0.200. The smallest absolute Gasteiger partial charge is 0.298 e. The highest BCUT2D eigenvalue weighted by molar-refractivity contribution is 7.78. The van der Waals surface area contributed by atoms with E-state index >= 15 is 0 Å². The van der Waals surface area contributed by atoms with Crippen LogP contribution in [-0.2, 0) is 0 Å². The molecule has 62 valence electrons. The van der Waals surface area contributed by atoms with Crippen LogP contribution in [0, 0.1) is 6.92 Å². The maximum atomic E-state index is 11.3. The van der Waals surface area contributed by atoms with Crippen molar-refractivity contribution in [2.75, 3.05) is 0 Å². The minimum atomic E-state index is -0.200. The van der Waals surface area contributed by atoms with Crippen LogP contribution in [0.3, 0.4) is 0 Å². The topological polar surface area (TPSA) is 39.3 Å². The molecule has 2 aromatic rings. The summed E-state index contributed by atoms with van der Waals surface area (Å²) in [4.78, 5) is 15.3. The van der Waals surface area contributed by atoms with Crippen molar-refractivity contribution >= 4 is 18.5 Å². The molecule has 0 aromatic carbocycles. The van der Waals surface area contributed by atoms with Gasteiger partial charge in [0.25, 0.3) is 0 Å². The Morgan fingerprint density at radius 1 is 1.50 bits per heavy atom. The highest BCUT2D eigenvalue weighted by Crippen LogP contribution is 1.99. The molecule has 0 aliphatic heterocycles. The van der Waals surface area contributed by atoms with Gasteiger partial charge in [-0.05, 0) is 6.92 Å². The van der Waals surface area contributed by atoms with Crippen molar-refractivity contribution in [2.24, 2.45) is 0 Å². The molecular formula is C7H7N3OS. The lowest BCUT2D eigenvalue weighted by molar-refractivity contribution is 1.02. The summed E-state index contributed by atoms with van der Waals surface area (Å²) < 4.78 is 2.94. The highest BCUT2D eigenvalue weighted by Gasteiger charge is 2.03. The molecule has 0 spiro atoms. The van der Waals surface area contributed by atoms with Crippen molar-refractivity contribution in [2.45, 2.75) is 6.92 Å². The Labute approximate surface area is 74.0 Å². The van der Waals surface area contributed by atoms with Crippen LogP contribution in [0.15, 0.2) is 23.4 Å². The molecule has 0 saturated carbocycles. The average Bonchev–Trinajstić information content (AvgIpc) is 2.41. The molecular weight excluding hydrogens is 174 g/mol. The lowest BCUT2D eigenvalue weighted by Crippen LogP contribution is -2.15. The zero-order valence-electron chi connectivity index (χ0n) is 6.43. The van der Waals surface area contributed by atoms with Gasteiger partial charge in [0.1, 0.15) is 0 Å². The molecule has 0 aliphatic rings. The SMILES string of the molecule is Cc1cnc2c(=O)n(S)ccn12. The number of aromatic nitrogens is 3. The largest absolute Gasteiger partial charge is 0.304 e. The van der Waals surface area contributed by atoms with Crippen molar-refractivity contribution in [1.29, 1.82) is 0 Å². The quantitative estimate of drug-likeness (QED) is 0.601. The molecule has 12 heavy (non-hydrogen) atoms. The summed E-state index contributed by atoms with van der Waals surface area (Å²) in [6, 6.07) is 0. The first-order valence-corrected chi connectivity index (χ1v) is 3.85. The number of rotatable bonds is 0. The third-order valence-electron chi connectivity index (χ3n) is 1.74. The Balaban J connectivity index is 3.03. The number of aryl methyl sites for hydroxylation is 1. The second-order valence-electron chi connectivity index (χ2n) is 2.54.